The van der Waals surface area contributed by atoms with Gasteiger partial charge < -0.3 is 14.7 Å². The minimum atomic E-state index is -0.530. The van der Waals surface area contributed by atoms with Crippen molar-refractivity contribution < 1.29 is 14.1 Å². The average Bonchev–Trinajstić information content (AvgIpc) is 2.99. The fourth-order valence-corrected chi connectivity index (χ4v) is 2.79. The van der Waals surface area contributed by atoms with Crippen molar-refractivity contribution >= 4 is 11.8 Å². The number of nitrogens with zero attached hydrogens (tertiary/aromatic N) is 3. The number of carbonyl (C=O) groups excluding carboxylic acids is 2. The molecule has 2 fully saturated rings. The summed E-state index contributed by atoms with van der Waals surface area (Å²) in [5, 5.41) is 6.68. The molecule has 0 bridgehead atoms. The van der Waals surface area contributed by atoms with E-state index in [1.807, 2.05) is 0 Å². The fraction of sp³-hybridized carbons (Fsp3) is 0.714. The monoisotopic (exact) mass is 292 g/mol. The summed E-state index contributed by atoms with van der Waals surface area (Å²) in [6.45, 7) is 3.78. The van der Waals surface area contributed by atoms with Crippen molar-refractivity contribution in [1.29, 1.82) is 0 Å². The van der Waals surface area contributed by atoms with E-state index < -0.39 is 6.04 Å². The van der Waals surface area contributed by atoms with Gasteiger partial charge in [0, 0.05) is 19.4 Å². The molecule has 1 aliphatic carbocycles. The highest BCUT2D eigenvalue weighted by Gasteiger charge is 2.37. The normalized spacial score (nSPS) is 23.1. The number of hydrogen-bond donors (Lipinski definition) is 1. The lowest BCUT2D eigenvalue weighted by Crippen LogP contribution is -2.46. The molecule has 2 aliphatic rings. The van der Waals surface area contributed by atoms with Crippen molar-refractivity contribution in [3.63, 3.8) is 0 Å². The third-order valence-corrected chi connectivity index (χ3v) is 4.01. The molecule has 3 rings (SSSR count). The van der Waals surface area contributed by atoms with E-state index in [1.165, 1.54) is 6.92 Å². The third-order valence-electron chi connectivity index (χ3n) is 4.01. The van der Waals surface area contributed by atoms with Gasteiger partial charge in [-0.25, -0.2) is 0 Å². The van der Waals surface area contributed by atoms with Gasteiger partial charge in [-0.3, -0.25) is 9.59 Å². The molecule has 1 N–H and O–H groups in total. The lowest BCUT2D eigenvalue weighted by Gasteiger charge is -2.25. The number of amides is 2. The molecule has 114 valence electrons. The Bertz CT molecular complexity index is 552. The van der Waals surface area contributed by atoms with Gasteiger partial charge in [0.15, 0.2) is 5.82 Å². The van der Waals surface area contributed by atoms with E-state index in [9.17, 15) is 9.59 Å². The maximum absolute atomic E-state index is 12.4. The lowest BCUT2D eigenvalue weighted by molar-refractivity contribution is -0.136. The Balaban J connectivity index is 1.71. The van der Waals surface area contributed by atoms with Crippen LogP contribution in [0.25, 0.3) is 0 Å². The third kappa shape index (κ3) is 2.91. The van der Waals surface area contributed by atoms with Crippen LogP contribution in [0, 0.1) is 0 Å². The topological polar surface area (TPSA) is 88.3 Å². The van der Waals surface area contributed by atoms with E-state index in [0.717, 1.165) is 25.7 Å². The summed E-state index contributed by atoms with van der Waals surface area (Å²) in [5.74, 6) is 1.40. The summed E-state index contributed by atoms with van der Waals surface area (Å²) in [5.41, 5.74) is 0. The maximum atomic E-state index is 12.4. The second-order valence-corrected chi connectivity index (χ2v) is 5.88. The molecule has 1 aliphatic heterocycles. The molecule has 0 aromatic carbocycles. The zero-order valence-corrected chi connectivity index (χ0v) is 12.3. The first-order valence-corrected chi connectivity index (χ1v) is 7.47. The number of rotatable bonds is 4. The van der Waals surface area contributed by atoms with Gasteiger partial charge in [0.25, 0.3) is 0 Å². The van der Waals surface area contributed by atoms with Gasteiger partial charge in [0.05, 0.1) is 6.04 Å². The summed E-state index contributed by atoms with van der Waals surface area (Å²) < 4.78 is 5.29. The molecular weight excluding hydrogens is 272 g/mol. The molecule has 21 heavy (non-hydrogen) atoms. The first-order valence-electron chi connectivity index (χ1n) is 7.47. The molecule has 0 spiro atoms. The van der Waals surface area contributed by atoms with E-state index in [4.69, 9.17) is 4.52 Å². The number of aromatic nitrogens is 2. The molecular formula is C14H20N4O3. The van der Waals surface area contributed by atoms with E-state index in [2.05, 4.69) is 15.5 Å². The van der Waals surface area contributed by atoms with Crippen LogP contribution < -0.4 is 5.32 Å². The van der Waals surface area contributed by atoms with E-state index in [0.29, 0.717) is 24.2 Å². The largest absolute Gasteiger partial charge is 0.345 e. The summed E-state index contributed by atoms with van der Waals surface area (Å²) >= 11 is 0. The van der Waals surface area contributed by atoms with Crippen molar-refractivity contribution in [2.45, 2.75) is 57.5 Å². The Kier molecular flexibility index (Phi) is 3.65. The smallest absolute Gasteiger partial charge is 0.245 e. The minimum Gasteiger partial charge on any atom is -0.345 e. The van der Waals surface area contributed by atoms with Gasteiger partial charge in [-0.2, -0.15) is 4.98 Å². The van der Waals surface area contributed by atoms with Crippen LogP contribution >= 0.6 is 0 Å². The highest BCUT2D eigenvalue weighted by molar-refractivity contribution is 5.86. The van der Waals surface area contributed by atoms with Crippen LogP contribution in [0.3, 0.4) is 0 Å². The molecule has 1 saturated carbocycles. The maximum Gasteiger partial charge on any atom is 0.245 e. The number of hydrogen-bond acceptors (Lipinski definition) is 5. The fourth-order valence-electron chi connectivity index (χ4n) is 2.79. The van der Waals surface area contributed by atoms with E-state index in [-0.39, 0.29) is 17.9 Å². The molecule has 2 heterocycles. The van der Waals surface area contributed by atoms with E-state index >= 15 is 0 Å². The average molecular weight is 292 g/mol. The molecule has 2 amide bonds. The van der Waals surface area contributed by atoms with Crippen LogP contribution in [0.2, 0.25) is 0 Å². The molecule has 7 nitrogen and oxygen atoms in total. The molecule has 1 aromatic rings. The van der Waals surface area contributed by atoms with Crippen molar-refractivity contribution in [3.8, 4) is 0 Å². The van der Waals surface area contributed by atoms with Gasteiger partial charge in [-0.15, -0.1) is 0 Å². The first kappa shape index (κ1) is 14.0. The molecule has 2 atom stereocenters. The standard InChI is InChI=1S/C14H20N4O3/c1-8(15-9(2)19)14(20)18-7-3-4-11(18)12-16-13(21-17-12)10-5-6-10/h8,10-11H,3-7H2,1-2H3,(H,15,19)/t8-,11-/m0/s1. The van der Waals surface area contributed by atoms with Gasteiger partial charge in [-0.1, -0.05) is 5.16 Å². The van der Waals surface area contributed by atoms with Crippen molar-refractivity contribution in [2.75, 3.05) is 6.54 Å². The van der Waals surface area contributed by atoms with Gasteiger partial charge in [0.1, 0.15) is 6.04 Å². The molecule has 7 heteroatoms. The van der Waals surface area contributed by atoms with Crippen LogP contribution in [0.1, 0.15) is 63.2 Å². The Hall–Kier alpha value is -1.92. The number of carbonyl (C=O) groups is 2. The molecule has 0 unspecified atom stereocenters. The number of likely N-dealkylation sites (tertiary alicyclic amines) is 1. The van der Waals surface area contributed by atoms with Crippen LogP contribution in [-0.4, -0.2) is 39.4 Å². The van der Waals surface area contributed by atoms with Crippen molar-refractivity contribution in [1.82, 2.24) is 20.4 Å². The molecule has 1 saturated heterocycles. The summed E-state index contributed by atoms with van der Waals surface area (Å²) in [7, 11) is 0. The quantitative estimate of drug-likeness (QED) is 0.899. The second kappa shape index (κ2) is 5.46. The zero-order valence-electron chi connectivity index (χ0n) is 12.3. The van der Waals surface area contributed by atoms with Crippen LogP contribution in [0.15, 0.2) is 4.52 Å². The predicted molar refractivity (Wildman–Crippen MR) is 73.2 cm³/mol. The summed E-state index contributed by atoms with van der Waals surface area (Å²) in [4.78, 5) is 29.7. The molecule has 0 radical (unpaired) electrons. The molecule has 1 aromatic heterocycles. The Morgan fingerprint density at radius 3 is 2.81 bits per heavy atom. The lowest BCUT2D eigenvalue weighted by atomic mass is 10.2. The first-order chi connectivity index (χ1) is 10.1. The second-order valence-electron chi connectivity index (χ2n) is 5.88. The Morgan fingerprint density at radius 1 is 1.38 bits per heavy atom. The van der Waals surface area contributed by atoms with Crippen LogP contribution in [0.4, 0.5) is 0 Å². The number of nitrogens with one attached hydrogen (secondary N) is 1. The van der Waals surface area contributed by atoms with E-state index in [1.54, 1.807) is 11.8 Å². The Morgan fingerprint density at radius 2 is 2.14 bits per heavy atom. The zero-order chi connectivity index (χ0) is 15.0. The van der Waals surface area contributed by atoms with Crippen molar-refractivity contribution in [3.05, 3.63) is 11.7 Å². The van der Waals surface area contributed by atoms with Gasteiger partial charge >= 0.3 is 0 Å². The van der Waals surface area contributed by atoms with Gasteiger partial charge in [-0.05, 0) is 32.6 Å². The van der Waals surface area contributed by atoms with Crippen LogP contribution in [-0.2, 0) is 9.59 Å². The highest BCUT2D eigenvalue weighted by atomic mass is 16.5. The van der Waals surface area contributed by atoms with Crippen LogP contribution in [0.5, 0.6) is 0 Å². The predicted octanol–water partition coefficient (Wildman–Crippen LogP) is 1.14. The SMILES string of the molecule is CC(=O)N[C@@H](C)C(=O)N1CCC[C@H]1c1noc(C2CC2)n1. The minimum absolute atomic E-state index is 0.0922. The summed E-state index contributed by atoms with van der Waals surface area (Å²) in [6.07, 6.45) is 3.96. The Labute approximate surface area is 123 Å². The highest BCUT2D eigenvalue weighted by Crippen LogP contribution is 2.40. The van der Waals surface area contributed by atoms with Crippen molar-refractivity contribution in [2.24, 2.45) is 0 Å². The summed E-state index contributed by atoms with van der Waals surface area (Å²) in [6, 6.07) is -0.664. The van der Waals surface area contributed by atoms with Gasteiger partial charge in [0.2, 0.25) is 17.7 Å².